The molecule has 2 N–H and O–H groups in total. The Labute approximate surface area is 134 Å². The first-order chi connectivity index (χ1) is 7.47. The van der Waals surface area contributed by atoms with Crippen LogP contribution in [0.15, 0.2) is 6.07 Å². The number of carboxylic acids is 1. The molecule has 3 nitrogen and oxygen atoms in total. The number of hydrogen-bond donors (Lipinski definition) is 2. The van der Waals surface area contributed by atoms with Gasteiger partial charge in [-0.15, -0.1) is 0 Å². The monoisotopic (exact) mass is 558 g/mol. The summed E-state index contributed by atoms with van der Waals surface area (Å²) in [5, 5.41) is 17.8. The molecule has 0 atom stereocenters. The van der Waals surface area contributed by atoms with Crippen LogP contribution < -0.4 is 0 Å². The average Bonchev–Trinajstić information content (AvgIpc) is 2.20. The first kappa shape index (κ1) is 14.9. The Morgan fingerprint density at radius 1 is 1.25 bits per heavy atom. The summed E-state index contributed by atoms with van der Waals surface area (Å²) in [4.78, 5) is 10.7. The normalized spacial score (nSPS) is 10.5. The lowest BCUT2D eigenvalue weighted by molar-refractivity contribution is -0.136. The Morgan fingerprint density at radius 2 is 1.88 bits per heavy atom. The number of carbonyl (C=O) groups is 1. The summed E-state index contributed by atoms with van der Waals surface area (Å²) in [5.41, 5.74) is 1.94. The summed E-state index contributed by atoms with van der Waals surface area (Å²) in [6.45, 7) is 0.111. The molecule has 0 fully saturated rings. The van der Waals surface area contributed by atoms with Crippen LogP contribution in [0.4, 0.5) is 0 Å². The zero-order chi connectivity index (χ0) is 12.3. The molecular weight excluding hydrogens is 549 g/mol. The molecule has 0 radical (unpaired) electrons. The predicted octanol–water partition coefficient (Wildman–Crippen LogP) is 2.66. The third-order valence-electron chi connectivity index (χ3n) is 2.03. The van der Waals surface area contributed by atoms with Crippen LogP contribution in [-0.2, 0) is 17.6 Å². The van der Waals surface area contributed by atoms with Crippen LogP contribution in [0.1, 0.15) is 11.1 Å². The number of aliphatic hydroxyl groups is 1. The summed E-state index contributed by atoms with van der Waals surface area (Å²) in [6.07, 6.45) is 0.656. The number of aliphatic carboxylic acids is 1. The van der Waals surface area contributed by atoms with E-state index in [-0.39, 0.29) is 13.0 Å². The van der Waals surface area contributed by atoms with Crippen molar-refractivity contribution in [3.05, 3.63) is 27.9 Å². The molecular formula is C10H9I3O3. The second kappa shape index (κ2) is 6.69. The van der Waals surface area contributed by atoms with Crippen molar-refractivity contribution in [2.45, 2.75) is 12.8 Å². The van der Waals surface area contributed by atoms with Crippen LogP contribution >= 0.6 is 67.8 Å². The fourth-order valence-electron chi connectivity index (χ4n) is 1.31. The zero-order valence-electron chi connectivity index (χ0n) is 8.14. The molecule has 0 unspecified atom stereocenters. The van der Waals surface area contributed by atoms with Gasteiger partial charge in [0.1, 0.15) is 0 Å². The molecule has 16 heavy (non-hydrogen) atoms. The molecule has 88 valence electrons. The van der Waals surface area contributed by atoms with E-state index in [1.54, 1.807) is 0 Å². The number of carboxylic acid groups (broad SMARTS) is 1. The third kappa shape index (κ3) is 3.67. The topological polar surface area (TPSA) is 57.5 Å². The summed E-state index contributed by atoms with van der Waals surface area (Å²) < 4.78 is 3.05. The van der Waals surface area contributed by atoms with E-state index >= 15 is 0 Å². The summed E-state index contributed by atoms with van der Waals surface area (Å²) >= 11 is 6.56. The molecule has 0 aromatic heterocycles. The van der Waals surface area contributed by atoms with Crippen molar-refractivity contribution < 1.29 is 15.0 Å². The standard InChI is InChI=1S/C10H9I3O3/c11-7-3-5(4-8(15)16)9(12)10(13)6(7)1-2-14/h3,14H,1-2,4H2,(H,15,16). The second-order valence-electron chi connectivity index (χ2n) is 3.17. The molecule has 1 aromatic carbocycles. The van der Waals surface area contributed by atoms with Crippen molar-refractivity contribution in [1.29, 1.82) is 0 Å². The maximum atomic E-state index is 10.7. The molecule has 0 aliphatic rings. The van der Waals surface area contributed by atoms with Crippen LogP contribution in [0.2, 0.25) is 0 Å². The molecule has 6 heteroatoms. The van der Waals surface area contributed by atoms with Crippen molar-refractivity contribution in [2.24, 2.45) is 0 Å². The van der Waals surface area contributed by atoms with Crippen molar-refractivity contribution in [2.75, 3.05) is 6.61 Å². The third-order valence-corrected chi connectivity index (χ3v) is 6.45. The van der Waals surface area contributed by atoms with Gasteiger partial charge in [0.05, 0.1) is 6.42 Å². The smallest absolute Gasteiger partial charge is 0.307 e. The van der Waals surface area contributed by atoms with E-state index in [0.29, 0.717) is 6.42 Å². The van der Waals surface area contributed by atoms with Crippen LogP contribution in [0, 0.1) is 10.7 Å². The summed E-state index contributed by atoms with van der Waals surface area (Å²) in [6, 6.07) is 1.89. The Balaban J connectivity index is 3.21. The molecule has 0 aliphatic carbocycles. The highest BCUT2D eigenvalue weighted by Crippen LogP contribution is 2.28. The fraction of sp³-hybridized carbons (Fsp3) is 0.300. The second-order valence-corrected chi connectivity index (χ2v) is 6.49. The van der Waals surface area contributed by atoms with E-state index in [4.69, 9.17) is 10.2 Å². The quantitative estimate of drug-likeness (QED) is 0.442. The highest BCUT2D eigenvalue weighted by molar-refractivity contribution is 14.1. The number of aliphatic hydroxyl groups excluding tert-OH is 1. The van der Waals surface area contributed by atoms with E-state index in [1.165, 1.54) is 0 Å². The van der Waals surface area contributed by atoms with Crippen molar-refractivity contribution >= 4 is 73.7 Å². The maximum absolute atomic E-state index is 10.7. The highest BCUT2D eigenvalue weighted by atomic mass is 127. The van der Waals surface area contributed by atoms with Gasteiger partial charge in [0.15, 0.2) is 0 Å². The molecule has 0 spiro atoms. The number of rotatable bonds is 4. The largest absolute Gasteiger partial charge is 0.481 e. The number of benzene rings is 1. The molecule has 0 aliphatic heterocycles. The fourth-order valence-corrected chi connectivity index (χ4v) is 4.32. The van der Waals surface area contributed by atoms with Gasteiger partial charge in [-0.3, -0.25) is 4.79 Å². The zero-order valence-corrected chi connectivity index (χ0v) is 14.6. The van der Waals surface area contributed by atoms with Crippen molar-refractivity contribution in [3.63, 3.8) is 0 Å². The predicted molar refractivity (Wildman–Crippen MR) is 86.7 cm³/mol. The minimum Gasteiger partial charge on any atom is -0.481 e. The van der Waals surface area contributed by atoms with Crippen LogP contribution in [0.25, 0.3) is 0 Å². The number of hydrogen-bond acceptors (Lipinski definition) is 2. The molecule has 0 amide bonds. The lowest BCUT2D eigenvalue weighted by Gasteiger charge is -2.12. The molecule has 0 saturated heterocycles. The summed E-state index contributed by atoms with van der Waals surface area (Å²) in [7, 11) is 0. The van der Waals surface area contributed by atoms with Gasteiger partial charge in [-0.2, -0.15) is 0 Å². The Morgan fingerprint density at radius 3 is 2.38 bits per heavy atom. The van der Waals surface area contributed by atoms with Crippen LogP contribution in [0.3, 0.4) is 0 Å². The SMILES string of the molecule is O=C(O)Cc1cc(I)c(CCO)c(I)c1I. The Bertz CT molecular complexity index is 418. The van der Waals surface area contributed by atoms with Gasteiger partial charge in [0, 0.05) is 17.3 Å². The van der Waals surface area contributed by atoms with Gasteiger partial charge in [0.25, 0.3) is 0 Å². The van der Waals surface area contributed by atoms with Gasteiger partial charge >= 0.3 is 5.97 Å². The average molecular weight is 558 g/mol. The molecule has 0 bridgehead atoms. The lowest BCUT2D eigenvalue weighted by atomic mass is 10.1. The minimum absolute atomic E-state index is 0.0453. The van der Waals surface area contributed by atoms with E-state index in [0.717, 1.165) is 21.8 Å². The van der Waals surface area contributed by atoms with E-state index in [9.17, 15) is 4.79 Å². The summed E-state index contributed by atoms with van der Waals surface area (Å²) in [5.74, 6) is -0.820. The van der Waals surface area contributed by atoms with Gasteiger partial charge < -0.3 is 10.2 Å². The van der Waals surface area contributed by atoms with E-state index in [1.807, 2.05) is 6.07 Å². The van der Waals surface area contributed by atoms with Crippen molar-refractivity contribution in [1.82, 2.24) is 0 Å². The van der Waals surface area contributed by atoms with Crippen LogP contribution in [-0.4, -0.2) is 22.8 Å². The first-order valence-corrected chi connectivity index (χ1v) is 7.69. The van der Waals surface area contributed by atoms with Crippen molar-refractivity contribution in [3.8, 4) is 0 Å². The number of halogens is 3. The lowest BCUT2D eigenvalue weighted by Crippen LogP contribution is -2.07. The Hall–Kier alpha value is 0.840. The van der Waals surface area contributed by atoms with Gasteiger partial charge in [-0.1, -0.05) is 0 Å². The minimum atomic E-state index is -0.820. The van der Waals surface area contributed by atoms with Gasteiger partial charge in [-0.05, 0) is 91.4 Å². The van der Waals surface area contributed by atoms with Gasteiger partial charge in [-0.25, -0.2) is 0 Å². The van der Waals surface area contributed by atoms with E-state index < -0.39 is 5.97 Å². The Kier molecular flexibility index (Phi) is 6.23. The molecule has 1 rings (SSSR count). The first-order valence-electron chi connectivity index (χ1n) is 4.45. The molecule has 0 saturated carbocycles. The van der Waals surface area contributed by atoms with Gasteiger partial charge in [0.2, 0.25) is 0 Å². The highest BCUT2D eigenvalue weighted by Gasteiger charge is 2.14. The molecule has 0 heterocycles. The maximum Gasteiger partial charge on any atom is 0.307 e. The van der Waals surface area contributed by atoms with Crippen LogP contribution in [0.5, 0.6) is 0 Å². The molecule has 1 aromatic rings. The van der Waals surface area contributed by atoms with E-state index in [2.05, 4.69) is 67.8 Å².